The number of aryl methyl sites for hydroxylation is 3. The zero-order chi connectivity index (χ0) is 20.3. The molecule has 0 aliphatic heterocycles. The van der Waals surface area contributed by atoms with Crippen LogP contribution in [-0.4, -0.2) is 34.8 Å². The van der Waals surface area contributed by atoms with Gasteiger partial charge in [-0.05, 0) is 82.0 Å². The maximum atomic E-state index is 5.80. The Kier molecular flexibility index (Phi) is 4.54. The van der Waals surface area contributed by atoms with Gasteiger partial charge in [0.05, 0.1) is 7.11 Å². The number of methoxy groups -OCH3 is 1. The van der Waals surface area contributed by atoms with E-state index in [1.807, 2.05) is 0 Å². The van der Waals surface area contributed by atoms with Gasteiger partial charge in [0.25, 0.3) is 0 Å². The normalized spacial score (nSPS) is 16.4. The van der Waals surface area contributed by atoms with E-state index in [-0.39, 0.29) is 0 Å². The quantitative estimate of drug-likeness (QED) is 0.484. The highest BCUT2D eigenvalue weighted by atomic mass is 32.2. The lowest BCUT2D eigenvalue weighted by Gasteiger charge is -2.25. The van der Waals surface area contributed by atoms with Crippen LogP contribution in [0, 0.1) is 20.8 Å². The van der Waals surface area contributed by atoms with E-state index in [4.69, 9.17) is 9.72 Å². The van der Waals surface area contributed by atoms with Gasteiger partial charge in [-0.2, -0.15) is 0 Å². The minimum absolute atomic E-state index is 0.687. The number of aromatic nitrogens is 2. The lowest BCUT2D eigenvalue weighted by atomic mass is 9.98. The topological polar surface area (TPSA) is 29.8 Å². The fourth-order valence-electron chi connectivity index (χ4n) is 4.60. The van der Waals surface area contributed by atoms with E-state index in [0.29, 0.717) is 12.1 Å². The number of hydrogen-bond acceptors (Lipinski definition) is 4. The third-order valence-corrected chi connectivity index (χ3v) is 6.82. The Morgan fingerprint density at radius 3 is 2.34 bits per heavy atom. The van der Waals surface area contributed by atoms with Gasteiger partial charge in [0.15, 0.2) is 0 Å². The highest BCUT2D eigenvalue weighted by Gasteiger charge is 2.42. The third kappa shape index (κ3) is 3.10. The number of imidazole rings is 1. The van der Waals surface area contributed by atoms with Crippen molar-refractivity contribution in [3.63, 3.8) is 0 Å². The molecule has 0 N–H and O–H groups in total. The van der Waals surface area contributed by atoms with Crippen molar-refractivity contribution >= 4 is 23.2 Å². The molecule has 0 amide bonds. The van der Waals surface area contributed by atoms with E-state index >= 15 is 0 Å². The van der Waals surface area contributed by atoms with Crippen molar-refractivity contribution in [2.45, 2.75) is 63.6 Å². The highest BCUT2D eigenvalue weighted by molar-refractivity contribution is 7.98. The second-order valence-corrected chi connectivity index (χ2v) is 9.32. The van der Waals surface area contributed by atoms with Crippen LogP contribution in [0.4, 0.5) is 5.82 Å². The number of anilines is 1. The lowest BCUT2D eigenvalue weighted by Crippen LogP contribution is -2.30. The van der Waals surface area contributed by atoms with E-state index in [1.54, 1.807) is 18.9 Å². The van der Waals surface area contributed by atoms with Crippen LogP contribution in [0.1, 0.15) is 42.5 Å². The minimum atomic E-state index is 0.687. The number of hydrogen-bond donors (Lipinski definition) is 0. The van der Waals surface area contributed by atoms with Crippen LogP contribution >= 0.6 is 11.8 Å². The average Bonchev–Trinajstić information content (AvgIpc) is 3.61. The molecule has 2 heterocycles. The maximum absolute atomic E-state index is 5.80. The monoisotopic (exact) mass is 407 g/mol. The Bertz CT molecular complexity index is 1080. The molecule has 5 heteroatoms. The van der Waals surface area contributed by atoms with Gasteiger partial charge < -0.3 is 9.64 Å². The van der Waals surface area contributed by atoms with E-state index in [9.17, 15) is 0 Å². The highest BCUT2D eigenvalue weighted by Crippen LogP contribution is 2.46. The molecule has 2 aliphatic rings. The third-order valence-electron chi connectivity index (χ3n) is 6.16. The SMILES string of the molecule is COc1cc(C)cc(C)c1-c1ccc(C)n2c(N(C3CC3)C3CC3)c(SC)nc12. The summed E-state index contributed by atoms with van der Waals surface area (Å²) in [6.45, 7) is 6.48. The first-order valence-corrected chi connectivity index (χ1v) is 11.8. The molecule has 0 atom stereocenters. The molecule has 2 saturated carbocycles. The van der Waals surface area contributed by atoms with E-state index < -0.39 is 0 Å². The smallest absolute Gasteiger partial charge is 0.148 e. The first-order valence-electron chi connectivity index (χ1n) is 10.5. The Morgan fingerprint density at radius 2 is 1.76 bits per heavy atom. The van der Waals surface area contributed by atoms with Crippen LogP contribution < -0.4 is 9.64 Å². The summed E-state index contributed by atoms with van der Waals surface area (Å²) in [6, 6.07) is 10.2. The number of nitrogens with zero attached hydrogens (tertiary/aromatic N) is 3. The summed E-state index contributed by atoms with van der Waals surface area (Å²) in [5.74, 6) is 2.23. The predicted molar refractivity (Wildman–Crippen MR) is 122 cm³/mol. The summed E-state index contributed by atoms with van der Waals surface area (Å²) >= 11 is 1.76. The number of ether oxygens (including phenoxy) is 1. The van der Waals surface area contributed by atoms with Crippen molar-refractivity contribution in [2.75, 3.05) is 18.3 Å². The second kappa shape index (κ2) is 6.98. The molecule has 0 bridgehead atoms. The fraction of sp³-hybridized carbons (Fsp3) is 0.458. The molecule has 29 heavy (non-hydrogen) atoms. The number of rotatable bonds is 6. The Balaban J connectivity index is 1.79. The van der Waals surface area contributed by atoms with Gasteiger partial charge in [-0.3, -0.25) is 4.40 Å². The molecule has 0 saturated heterocycles. The summed E-state index contributed by atoms with van der Waals surface area (Å²) in [5, 5.41) is 1.14. The van der Waals surface area contributed by atoms with Crippen molar-refractivity contribution in [1.82, 2.24) is 9.38 Å². The van der Waals surface area contributed by atoms with Gasteiger partial charge in [-0.1, -0.05) is 6.07 Å². The summed E-state index contributed by atoms with van der Waals surface area (Å²) in [7, 11) is 1.76. The van der Waals surface area contributed by atoms with Gasteiger partial charge in [-0.15, -0.1) is 11.8 Å². The fourth-order valence-corrected chi connectivity index (χ4v) is 5.16. The van der Waals surface area contributed by atoms with Crippen LogP contribution in [0.25, 0.3) is 16.8 Å². The zero-order valence-electron chi connectivity index (χ0n) is 18.0. The van der Waals surface area contributed by atoms with Crippen LogP contribution in [0.2, 0.25) is 0 Å². The Morgan fingerprint density at radius 1 is 1.07 bits per heavy atom. The number of fused-ring (bicyclic) bond motifs is 1. The Labute approximate surface area is 177 Å². The first-order chi connectivity index (χ1) is 14.0. The summed E-state index contributed by atoms with van der Waals surface area (Å²) in [5.41, 5.74) is 7.02. The van der Waals surface area contributed by atoms with Gasteiger partial charge >= 0.3 is 0 Å². The molecule has 0 unspecified atom stereocenters. The largest absolute Gasteiger partial charge is 0.496 e. The maximum Gasteiger partial charge on any atom is 0.148 e. The second-order valence-electron chi connectivity index (χ2n) is 8.52. The molecule has 152 valence electrons. The molecular weight excluding hydrogens is 378 g/mol. The molecule has 2 fully saturated rings. The van der Waals surface area contributed by atoms with Crippen LogP contribution in [0.5, 0.6) is 5.75 Å². The van der Waals surface area contributed by atoms with Crippen LogP contribution in [-0.2, 0) is 0 Å². The van der Waals surface area contributed by atoms with E-state index in [2.05, 4.69) is 60.6 Å². The molecule has 5 rings (SSSR count). The molecule has 2 aromatic heterocycles. The Hall–Kier alpha value is -2.14. The van der Waals surface area contributed by atoms with Gasteiger partial charge in [0.2, 0.25) is 0 Å². The lowest BCUT2D eigenvalue weighted by molar-refractivity contribution is 0.416. The zero-order valence-corrected chi connectivity index (χ0v) is 18.8. The molecule has 2 aliphatic carbocycles. The number of thioether (sulfide) groups is 1. The van der Waals surface area contributed by atoms with Gasteiger partial charge in [0.1, 0.15) is 22.2 Å². The number of pyridine rings is 1. The first kappa shape index (κ1) is 18.9. The van der Waals surface area contributed by atoms with Crippen molar-refractivity contribution in [2.24, 2.45) is 0 Å². The summed E-state index contributed by atoms with van der Waals surface area (Å²) in [4.78, 5) is 7.86. The van der Waals surface area contributed by atoms with Crippen LogP contribution in [0.15, 0.2) is 29.3 Å². The molecule has 4 nitrogen and oxygen atoms in total. The van der Waals surface area contributed by atoms with Crippen molar-refractivity contribution in [1.29, 1.82) is 0 Å². The predicted octanol–water partition coefficient (Wildman–Crippen LogP) is 5.79. The summed E-state index contributed by atoms with van der Waals surface area (Å²) in [6.07, 6.45) is 7.38. The van der Waals surface area contributed by atoms with Gasteiger partial charge in [0, 0.05) is 28.9 Å². The van der Waals surface area contributed by atoms with Crippen LogP contribution in [0.3, 0.4) is 0 Å². The molecule has 3 aromatic rings. The standard InChI is InChI=1S/C24H29N3OS/c1-14-12-15(2)21(20(13-14)28-4)19-11-6-16(3)26-22(19)25-23(29-5)24(26)27(17-7-8-17)18-9-10-18/h6,11-13,17-18H,7-10H2,1-5H3. The molecule has 0 spiro atoms. The number of benzene rings is 1. The molecule has 1 aromatic carbocycles. The van der Waals surface area contributed by atoms with Crippen molar-refractivity contribution in [3.05, 3.63) is 41.1 Å². The minimum Gasteiger partial charge on any atom is -0.496 e. The summed E-state index contributed by atoms with van der Waals surface area (Å²) < 4.78 is 8.19. The van der Waals surface area contributed by atoms with Crippen molar-refractivity contribution < 1.29 is 4.74 Å². The molecule has 0 radical (unpaired) electrons. The van der Waals surface area contributed by atoms with E-state index in [1.165, 1.54) is 48.3 Å². The van der Waals surface area contributed by atoms with Gasteiger partial charge in [-0.25, -0.2) is 4.98 Å². The molecular formula is C24H29N3OS. The average molecular weight is 408 g/mol. The van der Waals surface area contributed by atoms with E-state index in [0.717, 1.165) is 27.5 Å². The van der Waals surface area contributed by atoms with Crippen molar-refractivity contribution in [3.8, 4) is 16.9 Å².